The molecule has 1 heterocycles. The van der Waals surface area contributed by atoms with Gasteiger partial charge in [0, 0.05) is 39.9 Å². The van der Waals surface area contributed by atoms with Crippen molar-refractivity contribution in [3.8, 4) is 11.5 Å². The molecule has 188 valence electrons. The SMILES string of the molecule is COCCCN1C(=O)C(=O)C(=C(O)c2ccc(S(=O)(=O)N(C)C)cc2)[C@H]1c1ccc(O)c(OC)c1. The van der Waals surface area contributed by atoms with Crippen molar-refractivity contribution in [3.05, 3.63) is 59.2 Å². The van der Waals surface area contributed by atoms with Crippen LogP contribution in [0.1, 0.15) is 23.6 Å². The van der Waals surface area contributed by atoms with Gasteiger partial charge >= 0.3 is 0 Å². The number of Topliss-reactive ketones (excluding diaryl/α,β-unsaturated/α-hetero) is 1. The Balaban J connectivity index is 2.14. The number of phenolic OH excluding ortho intramolecular Hbond substituents is 1. The Morgan fingerprint density at radius 1 is 1.09 bits per heavy atom. The number of aliphatic hydroxyl groups is 1. The maximum Gasteiger partial charge on any atom is 0.295 e. The smallest absolute Gasteiger partial charge is 0.295 e. The van der Waals surface area contributed by atoms with Gasteiger partial charge in [-0.15, -0.1) is 0 Å². The molecule has 0 bridgehead atoms. The molecule has 1 fully saturated rings. The highest BCUT2D eigenvalue weighted by Gasteiger charge is 2.46. The number of ether oxygens (including phenoxy) is 2. The van der Waals surface area contributed by atoms with Crippen LogP contribution in [0.3, 0.4) is 0 Å². The molecule has 1 atom stereocenters. The Bertz CT molecular complexity index is 1250. The lowest BCUT2D eigenvalue weighted by atomic mass is 9.95. The summed E-state index contributed by atoms with van der Waals surface area (Å²) in [7, 11) is 2.01. The summed E-state index contributed by atoms with van der Waals surface area (Å²) < 4.78 is 36.0. The lowest BCUT2D eigenvalue weighted by molar-refractivity contribution is -0.140. The van der Waals surface area contributed by atoms with Crippen molar-refractivity contribution in [2.75, 3.05) is 41.5 Å². The van der Waals surface area contributed by atoms with Gasteiger partial charge in [-0.05, 0) is 48.4 Å². The zero-order chi connectivity index (χ0) is 25.9. The third kappa shape index (κ3) is 5.02. The molecular formula is C24H28N2O8S. The summed E-state index contributed by atoms with van der Waals surface area (Å²) in [6.45, 7) is 0.541. The van der Waals surface area contributed by atoms with Crippen molar-refractivity contribution in [3.63, 3.8) is 0 Å². The third-order valence-corrected chi connectivity index (χ3v) is 7.54. The van der Waals surface area contributed by atoms with Gasteiger partial charge in [0.2, 0.25) is 10.0 Å². The molecule has 3 rings (SSSR count). The molecule has 0 radical (unpaired) electrons. The van der Waals surface area contributed by atoms with Gasteiger partial charge in [-0.1, -0.05) is 6.07 Å². The van der Waals surface area contributed by atoms with E-state index in [0.717, 1.165) is 4.31 Å². The van der Waals surface area contributed by atoms with Crippen molar-refractivity contribution in [1.82, 2.24) is 9.21 Å². The highest BCUT2D eigenvalue weighted by molar-refractivity contribution is 7.89. The van der Waals surface area contributed by atoms with Crippen LogP contribution in [0.25, 0.3) is 5.76 Å². The molecule has 10 nitrogen and oxygen atoms in total. The van der Waals surface area contributed by atoms with Gasteiger partial charge in [-0.25, -0.2) is 12.7 Å². The molecule has 0 saturated carbocycles. The van der Waals surface area contributed by atoms with Crippen molar-refractivity contribution in [2.45, 2.75) is 17.4 Å². The van der Waals surface area contributed by atoms with Gasteiger partial charge in [-0.2, -0.15) is 0 Å². The molecule has 2 aromatic carbocycles. The zero-order valence-electron chi connectivity index (χ0n) is 19.9. The topological polar surface area (TPSA) is 134 Å². The number of carbonyl (C=O) groups is 2. The minimum atomic E-state index is -3.69. The van der Waals surface area contributed by atoms with Crippen LogP contribution in [0.2, 0.25) is 0 Å². The summed E-state index contributed by atoms with van der Waals surface area (Å²) in [6, 6.07) is 8.84. The number of phenols is 1. The summed E-state index contributed by atoms with van der Waals surface area (Å²) in [5.74, 6) is -2.08. The molecule has 1 saturated heterocycles. The molecular weight excluding hydrogens is 476 g/mol. The summed E-state index contributed by atoms with van der Waals surface area (Å²) in [6.07, 6.45) is 0.451. The van der Waals surface area contributed by atoms with Crippen LogP contribution in [0, 0.1) is 0 Å². The standard InChI is InChI=1S/C24H28N2O8S/c1-25(2)35(31,32)17-9-6-15(7-10-17)22(28)20-21(16-8-11-18(27)19(14-16)34-4)26(12-5-13-33-3)24(30)23(20)29/h6-11,14,21,27-28H,5,12-13H2,1-4H3/t21-/m1/s1. The number of benzene rings is 2. The minimum absolute atomic E-state index is 0.0129. The van der Waals surface area contributed by atoms with Crippen molar-refractivity contribution < 1.29 is 37.7 Å². The number of carbonyl (C=O) groups excluding carboxylic acids is 2. The van der Waals surface area contributed by atoms with Crippen LogP contribution in [0.5, 0.6) is 11.5 Å². The largest absolute Gasteiger partial charge is 0.507 e. The highest BCUT2D eigenvalue weighted by Crippen LogP contribution is 2.41. The minimum Gasteiger partial charge on any atom is -0.507 e. The maximum absolute atomic E-state index is 13.1. The van der Waals surface area contributed by atoms with E-state index in [0.29, 0.717) is 18.6 Å². The molecule has 0 unspecified atom stereocenters. The highest BCUT2D eigenvalue weighted by atomic mass is 32.2. The fourth-order valence-corrected chi connectivity index (χ4v) is 4.75. The second-order valence-corrected chi connectivity index (χ2v) is 10.2. The Kier molecular flexibility index (Phi) is 7.83. The summed E-state index contributed by atoms with van der Waals surface area (Å²) in [4.78, 5) is 27.3. The van der Waals surface area contributed by atoms with Gasteiger partial charge in [0.05, 0.1) is 23.6 Å². The van der Waals surface area contributed by atoms with Crippen LogP contribution in [-0.2, 0) is 24.3 Å². The molecule has 35 heavy (non-hydrogen) atoms. The molecule has 0 aliphatic carbocycles. The van der Waals surface area contributed by atoms with E-state index in [1.807, 2.05) is 0 Å². The van der Waals surface area contributed by atoms with Crippen molar-refractivity contribution in [1.29, 1.82) is 0 Å². The number of likely N-dealkylation sites (tertiary alicyclic amines) is 1. The third-order valence-electron chi connectivity index (χ3n) is 5.71. The van der Waals surface area contributed by atoms with Gasteiger partial charge < -0.3 is 24.6 Å². The van der Waals surface area contributed by atoms with E-state index >= 15 is 0 Å². The zero-order valence-corrected chi connectivity index (χ0v) is 20.7. The first-order valence-electron chi connectivity index (χ1n) is 10.7. The molecule has 1 aliphatic rings. The number of nitrogens with zero attached hydrogens (tertiary/aromatic N) is 2. The fourth-order valence-electron chi connectivity index (χ4n) is 3.85. The quantitative estimate of drug-likeness (QED) is 0.230. The average Bonchev–Trinajstić information content (AvgIpc) is 3.09. The van der Waals surface area contributed by atoms with E-state index in [1.165, 1.54) is 75.7 Å². The first kappa shape index (κ1) is 26.2. The number of sulfonamides is 1. The predicted octanol–water partition coefficient (Wildman–Crippen LogP) is 2.11. The van der Waals surface area contributed by atoms with E-state index < -0.39 is 33.5 Å². The van der Waals surface area contributed by atoms with E-state index in [-0.39, 0.29) is 34.1 Å². The molecule has 1 aliphatic heterocycles. The molecule has 0 spiro atoms. The maximum atomic E-state index is 13.1. The number of hydrogen-bond donors (Lipinski definition) is 2. The van der Waals surface area contributed by atoms with Gasteiger partial charge in [0.25, 0.3) is 11.7 Å². The second kappa shape index (κ2) is 10.5. The molecule has 0 aromatic heterocycles. The Morgan fingerprint density at radius 2 is 1.74 bits per heavy atom. The molecule has 11 heteroatoms. The lowest BCUT2D eigenvalue weighted by Crippen LogP contribution is -2.31. The summed E-state index contributed by atoms with van der Waals surface area (Å²) in [5.41, 5.74) is 0.473. The lowest BCUT2D eigenvalue weighted by Gasteiger charge is -2.25. The summed E-state index contributed by atoms with van der Waals surface area (Å²) in [5, 5.41) is 21.1. The Hall–Kier alpha value is -3.41. The van der Waals surface area contributed by atoms with E-state index in [1.54, 1.807) is 0 Å². The van der Waals surface area contributed by atoms with Crippen LogP contribution in [0.15, 0.2) is 52.9 Å². The van der Waals surface area contributed by atoms with Crippen LogP contribution in [-0.4, -0.2) is 81.0 Å². The normalized spacial score (nSPS) is 17.9. The number of aliphatic hydroxyl groups excluding tert-OH is 1. The monoisotopic (exact) mass is 504 g/mol. The number of hydrogen-bond acceptors (Lipinski definition) is 8. The fraction of sp³-hybridized carbons (Fsp3) is 0.333. The number of methoxy groups -OCH3 is 2. The van der Waals surface area contributed by atoms with E-state index in [2.05, 4.69) is 0 Å². The van der Waals surface area contributed by atoms with Crippen LogP contribution < -0.4 is 4.74 Å². The summed E-state index contributed by atoms with van der Waals surface area (Å²) >= 11 is 0. The van der Waals surface area contributed by atoms with Crippen molar-refractivity contribution >= 4 is 27.5 Å². The Labute approximate surface area is 204 Å². The van der Waals surface area contributed by atoms with Gasteiger partial charge in [-0.3, -0.25) is 9.59 Å². The van der Waals surface area contributed by atoms with Crippen LogP contribution in [0.4, 0.5) is 0 Å². The molecule has 1 amide bonds. The molecule has 2 N–H and O–H groups in total. The predicted molar refractivity (Wildman–Crippen MR) is 127 cm³/mol. The van der Waals surface area contributed by atoms with E-state index in [4.69, 9.17) is 9.47 Å². The number of aromatic hydroxyl groups is 1. The average molecular weight is 505 g/mol. The van der Waals surface area contributed by atoms with Crippen molar-refractivity contribution in [2.24, 2.45) is 0 Å². The van der Waals surface area contributed by atoms with Crippen LogP contribution >= 0.6 is 0 Å². The Morgan fingerprint density at radius 3 is 2.31 bits per heavy atom. The van der Waals surface area contributed by atoms with Gasteiger partial charge in [0.15, 0.2) is 11.5 Å². The first-order chi connectivity index (χ1) is 16.5. The number of rotatable bonds is 9. The van der Waals surface area contributed by atoms with Gasteiger partial charge in [0.1, 0.15) is 5.76 Å². The first-order valence-corrected chi connectivity index (χ1v) is 12.2. The second-order valence-electron chi connectivity index (χ2n) is 8.08. The molecule has 2 aromatic rings. The van der Waals surface area contributed by atoms with E-state index in [9.17, 15) is 28.2 Å². The number of amides is 1. The number of ketones is 1.